The first kappa shape index (κ1) is 20.1. The van der Waals surface area contributed by atoms with Crippen molar-refractivity contribution in [2.24, 2.45) is 0 Å². The number of benzene rings is 2. The van der Waals surface area contributed by atoms with Crippen LogP contribution in [0.25, 0.3) is 0 Å². The summed E-state index contributed by atoms with van der Waals surface area (Å²) in [5.41, 5.74) is 0.918. The summed E-state index contributed by atoms with van der Waals surface area (Å²) in [6.45, 7) is 6.81. The lowest BCUT2D eigenvalue weighted by Crippen LogP contribution is -2.28. The van der Waals surface area contributed by atoms with Gasteiger partial charge in [0.1, 0.15) is 5.82 Å². The third-order valence-electron chi connectivity index (χ3n) is 3.64. The number of hydrogen-bond donors (Lipinski definition) is 1. The average molecular weight is 377 g/mol. The van der Waals surface area contributed by atoms with E-state index in [4.69, 9.17) is 9.47 Å². The first-order valence-electron chi connectivity index (χ1n) is 8.61. The predicted octanol–water partition coefficient (Wildman–Crippen LogP) is 4.59. The Morgan fingerprint density at radius 3 is 2.50 bits per heavy atom. The molecule has 0 spiro atoms. The van der Waals surface area contributed by atoms with Crippen LogP contribution in [0.3, 0.4) is 0 Å². The van der Waals surface area contributed by atoms with E-state index in [9.17, 15) is 9.18 Å². The Labute approximate surface area is 158 Å². The molecule has 2 rings (SSSR count). The van der Waals surface area contributed by atoms with Crippen molar-refractivity contribution in [1.29, 1.82) is 0 Å². The van der Waals surface area contributed by atoms with Crippen LogP contribution in [0.15, 0.2) is 47.4 Å². The molecule has 2 aromatic carbocycles. The Morgan fingerprint density at radius 1 is 1.12 bits per heavy atom. The van der Waals surface area contributed by atoms with Crippen molar-refractivity contribution >= 4 is 17.7 Å². The van der Waals surface area contributed by atoms with Gasteiger partial charge in [-0.25, -0.2) is 4.39 Å². The molecular weight excluding hydrogens is 353 g/mol. The normalized spacial score (nSPS) is 11.7. The number of carbonyl (C=O) groups is 1. The minimum atomic E-state index is -0.314. The molecule has 4 nitrogen and oxygen atoms in total. The van der Waals surface area contributed by atoms with Crippen LogP contribution in [0.4, 0.5) is 4.39 Å². The van der Waals surface area contributed by atoms with Crippen molar-refractivity contribution in [2.45, 2.75) is 31.7 Å². The van der Waals surface area contributed by atoms with Crippen molar-refractivity contribution in [3.8, 4) is 11.5 Å². The van der Waals surface area contributed by atoms with Gasteiger partial charge in [-0.3, -0.25) is 4.79 Å². The molecule has 0 aliphatic rings. The van der Waals surface area contributed by atoms with Crippen molar-refractivity contribution < 1.29 is 18.7 Å². The molecule has 26 heavy (non-hydrogen) atoms. The molecule has 0 bridgehead atoms. The Kier molecular flexibility index (Phi) is 7.78. The smallest absolute Gasteiger partial charge is 0.230 e. The van der Waals surface area contributed by atoms with E-state index in [0.717, 1.165) is 5.56 Å². The van der Waals surface area contributed by atoms with Gasteiger partial charge in [-0.05, 0) is 50.6 Å². The highest BCUT2D eigenvalue weighted by Crippen LogP contribution is 2.31. The van der Waals surface area contributed by atoms with Crippen LogP contribution in [0, 0.1) is 5.82 Å². The minimum absolute atomic E-state index is 0.153. The zero-order chi connectivity index (χ0) is 18.9. The summed E-state index contributed by atoms with van der Waals surface area (Å²) in [6.07, 6.45) is 0. The fourth-order valence-electron chi connectivity index (χ4n) is 2.41. The van der Waals surface area contributed by atoms with Crippen molar-refractivity contribution in [3.63, 3.8) is 0 Å². The summed E-state index contributed by atoms with van der Waals surface area (Å²) in [5.74, 6) is 1.03. The van der Waals surface area contributed by atoms with Gasteiger partial charge < -0.3 is 14.8 Å². The molecule has 140 valence electrons. The SMILES string of the molecule is CCOc1ccc(C(C)NC(=O)CSc2ccccc2F)cc1OCC. The molecule has 6 heteroatoms. The maximum atomic E-state index is 13.6. The van der Waals surface area contributed by atoms with Gasteiger partial charge in [-0.15, -0.1) is 11.8 Å². The van der Waals surface area contributed by atoms with Gasteiger partial charge in [0.25, 0.3) is 0 Å². The maximum Gasteiger partial charge on any atom is 0.230 e. The Balaban J connectivity index is 1.97. The third kappa shape index (κ3) is 5.66. The number of rotatable bonds is 9. The number of nitrogens with one attached hydrogen (secondary N) is 1. The number of hydrogen-bond acceptors (Lipinski definition) is 4. The molecule has 1 amide bonds. The topological polar surface area (TPSA) is 47.6 Å². The zero-order valence-electron chi connectivity index (χ0n) is 15.3. The van der Waals surface area contributed by atoms with Crippen LogP contribution in [0.2, 0.25) is 0 Å². The number of thioether (sulfide) groups is 1. The van der Waals surface area contributed by atoms with Crippen molar-refractivity contribution in [2.75, 3.05) is 19.0 Å². The third-order valence-corrected chi connectivity index (χ3v) is 4.69. The Hall–Kier alpha value is -2.21. The fraction of sp³-hybridized carbons (Fsp3) is 0.350. The van der Waals surface area contributed by atoms with Gasteiger partial charge in [-0.1, -0.05) is 18.2 Å². The van der Waals surface area contributed by atoms with E-state index >= 15 is 0 Å². The van der Waals surface area contributed by atoms with Gasteiger partial charge in [0.15, 0.2) is 11.5 Å². The maximum absolute atomic E-state index is 13.6. The molecule has 2 aromatic rings. The zero-order valence-corrected chi connectivity index (χ0v) is 16.1. The first-order valence-corrected chi connectivity index (χ1v) is 9.59. The van der Waals surface area contributed by atoms with Gasteiger partial charge in [0.2, 0.25) is 5.91 Å². The summed E-state index contributed by atoms with van der Waals surface area (Å²) < 4.78 is 24.8. The van der Waals surface area contributed by atoms with Crippen LogP contribution in [0.5, 0.6) is 11.5 Å². The van der Waals surface area contributed by atoms with Crippen LogP contribution in [-0.4, -0.2) is 24.9 Å². The standard InChI is InChI=1S/C20H24FNO3S/c1-4-24-17-11-10-15(12-18(17)25-5-2)14(3)22-20(23)13-26-19-9-7-6-8-16(19)21/h6-12,14H,4-5,13H2,1-3H3,(H,22,23). The van der Waals surface area contributed by atoms with Crippen LogP contribution in [-0.2, 0) is 4.79 Å². The molecule has 0 saturated carbocycles. The molecule has 0 fully saturated rings. The number of carbonyl (C=O) groups excluding carboxylic acids is 1. The lowest BCUT2D eigenvalue weighted by Gasteiger charge is -2.17. The first-order chi connectivity index (χ1) is 12.5. The minimum Gasteiger partial charge on any atom is -0.490 e. The highest BCUT2D eigenvalue weighted by atomic mass is 32.2. The molecule has 1 unspecified atom stereocenters. The second-order valence-electron chi connectivity index (χ2n) is 5.58. The molecule has 1 atom stereocenters. The summed E-state index contributed by atoms with van der Waals surface area (Å²) >= 11 is 1.18. The highest BCUT2D eigenvalue weighted by Gasteiger charge is 2.14. The number of amides is 1. The molecule has 0 heterocycles. The summed E-state index contributed by atoms with van der Waals surface area (Å²) in [6, 6.07) is 11.9. The molecule has 0 aliphatic carbocycles. The molecule has 0 aromatic heterocycles. The van der Waals surface area contributed by atoms with Crippen LogP contribution < -0.4 is 14.8 Å². The quantitative estimate of drug-likeness (QED) is 0.649. The van der Waals surface area contributed by atoms with Crippen LogP contribution in [0.1, 0.15) is 32.4 Å². The molecule has 0 aliphatic heterocycles. The summed E-state index contributed by atoms with van der Waals surface area (Å²) in [7, 11) is 0. The van der Waals surface area contributed by atoms with E-state index in [1.165, 1.54) is 17.8 Å². The van der Waals surface area contributed by atoms with Crippen molar-refractivity contribution in [1.82, 2.24) is 5.32 Å². The van der Waals surface area contributed by atoms with E-state index in [1.807, 2.05) is 39.0 Å². The van der Waals surface area contributed by atoms with E-state index in [1.54, 1.807) is 18.2 Å². The molecule has 1 N–H and O–H groups in total. The van der Waals surface area contributed by atoms with E-state index < -0.39 is 0 Å². The summed E-state index contributed by atoms with van der Waals surface area (Å²) in [5, 5.41) is 2.93. The van der Waals surface area contributed by atoms with Gasteiger partial charge in [0.05, 0.1) is 25.0 Å². The lowest BCUT2D eigenvalue weighted by atomic mass is 10.1. The number of halogens is 1. The van der Waals surface area contributed by atoms with E-state index in [-0.39, 0.29) is 23.5 Å². The monoisotopic (exact) mass is 377 g/mol. The highest BCUT2D eigenvalue weighted by molar-refractivity contribution is 8.00. The lowest BCUT2D eigenvalue weighted by molar-refractivity contribution is -0.119. The Bertz CT molecular complexity index is 739. The molecular formula is C20H24FNO3S. The summed E-state index contributed by atoms with van der Waals surface area (Å²) in [4.78, 5) is 12.6. The fourth-order valence-corrected chi connectivity index (χ4v) is 3.16. The molecule has 0 radical (unpaired) electrons. The van der Waals surface area contributed by atoms with Crippen LogP contribution >= 0.6 is 11.8 Å². The number of ether oxygens (including phenoxy) is 2. The predicted molar refractivity (Wildman–Crippen MR) is 102 cm³/mol. The van der Waals surface area contributed by atoms with Gasteiger partial charge in [-0.2, -0.15) is 0 Å². The van der Waals surface area contributed by atoms with Crippen molar-refractivity contribution in [3.05, 3.63) is 53.8 Å². The average Bonchev–Trinajstić information content (AvgIpc) is 2.63. The Morgan fingerprint density at radius 2 is 1.81 bits per heavy atom. The van der Waals surface area contributed by atoms with E-state index in [2.05, 4.69) is 5.32 Å². The van der Waals surface area contributed by atoms with Gasteiger partial charge in [0, 0.05) is 4.90 Å². The largest absolute Gasteiger partial charge is 0.490 e. The second kappa shape index (κ2) is 10.1. The van der Waals surface area contributed by atoms with Gasteiger partial charge >= 0.3 is 0 Å². The van der Waals surface area contributed by atoms with E-state index in [0.29, 0.717) is 29.6 Å². The second-order valence-corrected chi connectivity index (χ2v) is 6.60. The molecule has 0 saturated heterocycles.